The Kier molecular flexibility index (Phi) is 3.38. The van der Waals surface area contributed by atoms with Crippen LogP contribution < -0.4 is 5.32 Å². The summed E-state index contributed by atoms with van der Waals surface area (Å²) in [7, 11) is 0. The van der Waals surface area contributed by atoms with Gasteiger partial charge in [-0.25, -0.2) is 14.8 Å². The van der Waals surface area contributed by atoms with Crippen molar-refractivity contribution >= 4 is 33.9 Å². The highest BCUT2D eigenvalue weighted by atomic mass is 32.1. The van der Waals surface area contributed by atoms with Gasteiger partial charge in [-0.2, -0.15) is 0 Å². The fourth-order valence-corrected chi connectivity index (χ4v) is 2.02. The Morgan fingerprint density at radius 2 is 2.32 bits per heavy atom. The maximum absolute atomic E-state index is 11.1. The SMILES string of the molecule is Cc1csc(Nc2ncc([N+](=O)[O-])cc2C(=O)O)n1. The zero-order valence-corrected chi connectivity index (χ0v) is 10.5. The summed E-state index contributed by atoms with van der Waals surface area (Å²) >= 11 is 1.29. The Hall–Kier alpha value is -2.55. The van der Waals surface area contributed by atoms with E-state index in [1.807, 2.05) is 0 Å². The van der Waals surface area contributed by atoms with Crippen LogP contribution in [0.4, 0.5) is 16.6 Å². The monoisotopic (exact) mass is 280 g/mol. The lowest BCUT2D eigenvalue weighted by Gasteiger charge is -2.05. The number of nitrogens with zero attached hydrogens (tertiary/aromatic N) is 3. The third-order valence-corrected chi connectivity index (χ3v) is 3.03. The number of aryl methyl sites for hydroxylation is 1. The number of carboxylic acids is 1. The standard InChI is InChI=1S/C10H8N4O4S/c1-5-4-19-10(12-5)13-8-7(9(15)16)2-6(3-11-8)14(17)18/h2-4H,1H3,(H,15,16)(H,11,12,13). The minimum Gasteiger partial charge on any atom is -0.478 e. The molecule has 2 aromatic heterocycles. The van der Waals surface area contributed by atoms with Crippen molar-refractivity contribution in [2.24, 2.45) is 0 Å². The molecule has 0 spiro atoms. The van der Waals surface area contributed by atoms with Crippen LogP contribution in [0.5, 0.6) is 0 Å². The molecule has 0 amide bonds. The molecule has 8 nitrogen and oxygen atoms in total. The highest BCUT2D eigenvalue weighted by Crippen LogP contribution is 2.24. The molecule has 2 heterocycles. The van der Waals surface area contributed by atoms with Gasteiger partial charge in [0.1, 0.15) is 17.6 Å². The fraction of sp³-hybridized carbons (Fsp3) is 0.100. The third kappa shape index (κ3) is 2.83. The minimum absolute atomic E-state index is 0.0208. The molecule has 19 heavy (non-hydrogen) atoms. The van der Waals surface area contributed by atoms with Crippen LogP contribution in [-0.2, 0) is 0 Å². The number of nitrogens with one attached hydrogen (secondary N) is 1. The van der Waals surface area contributed by atoms with Crippen LogP contribution in [0.15, 0.2) is 17.6 Å². The van der Waals surface area contributed by atoms with Crippen LogP contribution in [-0.4, -0.2) is 26.0 Å². The molecule has 0 unspecified atom stereocenters. The molecule has 2 aromatic rings. The molecule has 0 aromatic carbocycles. The second-order valence-electron chi connectivity index (χ2n) is 3.57. The van der Waals surface area contributed by atoms with E-state index in [0.717, 1.165) is 18.0 Å². The van der Waals surface area contributed by atoms with E-state index in [-0.39, 0.29) is 17.1 Å². The van der Waals surface area contributed by atoms with E-state index in [9.17, 15) is 14.9 Å². The summed E-state index contributed by atoms with van der Waals surface area (Å²) in [6.07, 6.45) is 0.995. The highest BCUT2D eigenvalue weighted by molar-refractivity contribution is 7.13. The molecular formula is C10H8N4O4S. The van der Waals surface area contributed by atoms with Crippen molar-refractivity contribution in [2.75, 3.05) is 5.32 Å². The summed E-state index contributed by atoms with van der Waals surface area (Å²) in [5, 5.41) is 24.6. The lowest BCUT2D eigenvalue weighted by molar-refractivity contribution is -0.385. The minimum atomic E-state index is -1.30. The van der Waals surface area contributed by atoms with Gasteiger partial charge in [-0.3, -0.25) is 10.1 Å². The number of carboxylic acid groups (broad SMARTS) is 1. The topological polar surface area (TPSA) is 118 Å². The van der Waals surface area contributed by atoms with Crippen LogP contribution in [0.2, 0.25) is 0 Å². The van der Waals surface area contributed by atoms with Crippen molar-refractivity contribution in [3.8, 4) is 0 Å². The van der Waals surface area contributed by atoms with Gasteiger partial charge in [0.2, 0.25) is 0 Å². The van der Waals surface area contributed by atoms with Gasteiger partial charge in [0.25, 0.3) is 5.69 Å². The van der Waals surface area contributed by atoms with E-state index in [4.69, 9.17) is 5.11 Å². The maximum Gasteiger partial charge on any atom is 0.339 e. The van der Waals surface area contributed by atoms with Crippen molar-refractivity contribution in [3.63, 3.8) is 0 Å². The molecule has 0 saturated heterocycles. The zero-order chi connectivity index (χ0) is 14.0. The van der Waals surface area contributed by atoms with Gasteiger partial charge in [-0.15, -0.1) is 11.3 Å². The predicted molar refractivity (Wildman–Crippen MR) is 68.0 cm³/mol. The number of anilines is 2. The Bertz CT molecular complexity index is 655. The van der Waals surface area contributed by atoms with Gasteiger partial charge in [0.05, 0.1) is 10.6 Å². The van der Waals surface area contributed by atoms with Crippen molar-refractivity contribution < 1.29 is 14.8 Å². The number of nitro groups is 1. The largest absolute Gasteiger partial charge is 0.478 e. The van der Waals surface area contributed by atoms with Crippen molar-refractivity contribution in [3.05, 3.63) is 39.0 Å². The normalized spacial score (nSPS) is 10.2. The summed E-state index contributed by atoms with van der Waals surface area (Å²) in [5.41, 5.74) is 0.131. The Morgan fingerprint density at radius 3 is 2.84 bits per heavy atom. The van der Waals surface area contributed by atoms with E-state index in [1.54, 1.807) is 12.3 Å². The van der Waals surface area contributed by atoms with Gasteiger partial charge in [-0.1, -0.05) is 0 Å². The average Bonchev–Trinajstić information content (AvgIpc) is 2.74. The molecule has 0 aliphatic rings. The number of hydrogen-bond acceptors (Lipinski definition) is 7. The quantitative estimate of drug-likeness (QED) is 0.650. The van der Waals surface area contributed by atoms with Crippen molar-refractivity contribution in [1.29, 1.82) is 0 Å². The van der Waals surface area contributed by atoms with E-state index < -0.39 is 10.9 Å². The zero-order valence-electron chi connectivity index (χ0n) is 9.65. The first-order chi connectivity index (χ1) is 8.97. The first kappa shape index (κ1) is 12.9. The number of aromatic nitrogens is 2. The average molecular weight is 280 g/mol. The second-order valence-corrected chi connectivity index (χ2v) is 4.43. The molecule has 2 N–H and O–H groups in total. The Labute approximate surface area is 110 Å². The van der Waals surface area contributed by atoms with Crippen LogP contribution in [0, 0.1) is 17.0 Å². The van der Waals surface area contributed by atoms with Crippen molar-refractivity contribution in [2.45, 2.75) is 6.92 Å². The lowest BCUT2D eigenvalue weighted by atomic mass is 10.2. The van der Waals surface area contributed by atoms with Gasteiger partial charge in [0, 0.05) is 11.4 Å². The fourth-order valence-electron chi connectivity index (χ4n) is 1.33. The molecule has 0 radical (unpaired) electrons. The molecule has 0 atom stereocenters. The summed E-state index contributed by atoms with van der Waals surface area (Å²) in [5.74, 6) is -1.28. The number of rotatable bonds is 4. The first-order valence-corrected chi connectivity index (χ1v) is 5.92. The molecule has 98 valence electrons. The summed E-state index contributed by atoms with van der Waals surface area (Å²) < 4.78 is 0. The molecule has 2 rings (SSSR count). The molecule has 0 fully saturated rings. The van der Waals surface area contributed by atoms with E-state index in [2.05, 4.69) is 15.3 Å². The Morgan fingerprint density at radius 1 is 1.58 bits per heavy atom. The number of hydrogen-bond donors (Lipinski definition) is 2. The second kappa shape index (κ2) is 4.98. The third-order valence-electron chi connectivity index (χ3n) is 2.16. The van der Waals surface area contributed by atoms with Crippen molar-refractivity contribution in [1.82, 2.24) is 9.97 Å². The maximum atomic E-state index is 11.1. The van der Waals surface area contributed by atoms with Crippen LogP contribution in [0.25, 0.3) is 0 Å². The number of thiazole rings is 1. The molecule has 0 saturated carbocycles. The predicted octanol–water partition coefficient (Wildman–Crippen LogP) is 2.20. The van der Waals surface area contributed by atoms with Gasteiger partial charge in [0.15, 0.2) is 5.13 Å². The lowest BCUT2D eigenvalue weighted by Crippen LogP contribution is -2.06. The number of pyridine rings is 1. The van der Waals surface area contributed by atoms with Gasteiger partial charge >= 0.3 is 5.97 Å². The summed E-state index contributed by atoms with van der Waals surface area (Å²) in [6.45, 7) is 1.79. The number of carbonyl (C=O) groups is 1. The Balaban J connectivity index is 2.39. The van der Waals surface area contributed by atoms with Crippen LogP contribution in [0.3, 0.4) is 0 Å². The molecule has 9 heteroatoms. The smallest absolute Gasteiger partial charge is 0.339 e. The highest BCUT2D eigenvalue weighted by Gasteiger charge is 2.18. The number of aromatic carboxylic acids is 1. The van der Waals surface area contributed by atoms with Gasteiger partial charge in [-0.05, 0) is 6.92 Å². The molecular weight excluding hydrogens is 272 g/mol. The van der Waals surface area contributed by atoms with Crippen LogP contribution >= 0.6 is 11.3 Å². The van der Waals surface area contributed by atoms with E-state index >= 15 is 0 Å². The summed E-state index contributed by atoms with van der Waals surface area (Å²) in [4.78, 5) is 28.8. The molecule has 0 aliphatic heterocycles. The van der Waals surface area contributed by atoms with E-state index in [0.29, 0.717) is 5.13 Å². The van der Waals surface area contributed by atoms with E-state index in [1.165, 1.54) is 11.3 Å². The molecule has 0 aliphatic carbocycles. The van der Waals surface area contributed by atoms with Crippen LogP contribution in [0.1, 0.15) is 16.1 Å². The molecule has 0 bridgehead atoms. The first-order valence-electron chi connectivity index (χ1n) is 5.04. The summed E-state index contributed by atoms with van der Waals surface area (Å²) in [6, 6.07) is 0.956. The van der Waals surface area contributed by atoms with Gasteiger partial charge < -0.3 is 10.4 Å².